The lowest BCUT2D eigenvalue weighted by Crippen LogP contribution is -2.36. The van der Waals surface area contributed by atoms with Gasteiger partial charge >= 0.3 is 5.97 Å². The molecule has 0 aromatic carbocycles. The van der Waals surface area contributed by atoms with Crippen LogP contribution in [0.15, 0.2) is 6.20 Å². The first-order valence-corrected chi connectivity index (χ1v) is 5.76. The maximum Gasteiger partial charge on any atom is 0.307 e. The van der Waals surface area contributed by atoms with E-state index in [-0.39, 0.29) is 24.0 Å². The van der Waals surface area contributed by atoms with Crippen LogP contribution in [0.25, 0.3) is 0 Å². The van der Waals surface area contributed by atoms with Gasteiger partial charge < -0.3 is 9.64 Å². The number of methoxy groups -OCH3 is 1. The van der Waals surface area contributed by atoms with Crippen molar-refractivity contribution in [2.24, 2.45) is 5.92 Å². The molecule has 0 atom stereocenters. The fourth-order valence-corrected chi connectivity index (χ4v) is 1.51. The number of hydrogen-bond donors (Lipinski definition) is 1. The van der Waals surface area contributed by atoms with E-state index in [1.54, 1.807) is 4.90 Å². The van der Waals surface area contributed by atoms with Crippen LogP contribution < -0.4 is 0 Å². The van der Waals surface area contributed by atoms with Gasteiger partial charge in [0.15, 0.2) is 5.69 Å². The highest BCUT2D eigenvalue weighted by atomic mass is 16.5. The van der Waals surface area contributed by atoms with Crippen molar-refractivity contribution < 1.29 is 14.3 Å². The predicted octanol–water partition coefficient (Wildman–Crippen LogP) is 0.466. The van der Waals surface area contributed by atoms with Crippen molar-refractivity contribution >= 4 is 11.9 Å². The summed E-state index contributed by atoms with van der Waals surface area (Å²) in [6.45, 7) is 4.88. The van der Waals surface area contributed by atoms with Crippen molar-refractivity contribution in [3.8, 4) is 0 Å². The van der Waals surface area contributed by atoms with E-state index < -0.39 is 0 Å². The second-order valence-corrected chi connectivity index (χ2v) is 4.33. The molecule has 1 aromatic rings. The normalized spacial score (nSPS) is 10.4. The summed E-state index contributed by atoms with van der Waals surface area (Å²) in [6.07, 6.45) is 1.54. The minimum atomic E-state index is -0.336. The molecule has 1 rings (SSSR count). The molecule has 18 heavy (non-hydrogen) atoms. The van der Waals surface area contributed by atoms with Gasteiger partial charge in [0.2, 0.25) is 0 Å². The Hall–Kier alpha value is -1.92. The number of hydrogen-bond acceptors (Lipinski definition) is 5. The summed E-state index contributed by atoms with van der Waals surface area (Å²) < 4.78 is 4.56. The zero-order chi connectivity index (χ0) is 13.5. The molecule has 0 saturated carbocycles. The third-order valence-electron chi connectivity index (χ3n) is 2.32. The van der Waals surface area contributed by atoms with E-state index in [4.69, 9.17) is 0 Å². The van der Waals surface area contributed by atoms with Crippen LogP contribution in [-0.2, 0) is 9.53 Å². The third kappa shape index (κ3) is 4.15. The van der Waals surface area contributed by atoms with Crippen molar-refractivity contribution in [1.82, 2.24) is 20.3 Å². The van der Waals surface area contributed by atoms with Crippen molar-refractivity contribution in [3.63, 3.8) is 0 Å². The molecule has 1 heterocycles. The number of aromatic nitrogens is 3. The molecular formula is C11H18N4O3. The van der Waals surface area contributed by atoms with Crippen LogP contribution in [0.4, 0.5) is 0 Å². The van der Waals surface area contributed by atoms with Crippen molar-refractivity contribution in [2.75, 3.05) is 20.2 Å². The Bertz CT molecular complexity index is 389. The molecule has 0 spiro atoms. The monoisotopic (exact) mass is 254 g/mol. The molecule has 7 nitrogen and oxygen atoms in total. The number of nitrogens with one attached hydrogen (secondary N) is 1. The number of amides is 1. The van der Waals surface area contributed by atoms with Crippen molar-refractivity contribution in [1.29, 1.82) is 0 Å². The molecule has 0 saturated heterocycles. The molecule has 100 valence electrons. The minimum Gasteiger partial charge on any atom is -0.469 e. The quantitative estimate of drug-likeness (QED) is 0.745. The topological polar surface area (TPSA) is 88.2 Å². The number of rotatable bonds is 6. The Labute approximate surface area is 105 Å². The van der Waals surface area contributed by atoms with Gasteiger partial charge in [-0.3, -0.25) is 9.59 Å². The molecule has 1 amide bonds. The highest BCUT2D eigenvalue weighted by Gasteiger charge is 2.20. The standard InChI is InChI=1S/C11H18N4O3/c1-8(2)7-15(5-4-10(16)18-3)11(17)9-6-12-14-13-9/h6,8H,4-5,7H2,1-3H3,(H,12,13,14). The lowest BCUT2D eigenvalue weighted by atomic mass is 10.2. The first-order chi connectivity index (χ1) is 8.54. The van der Waals surface area contributed by atoms with Crippen LogP contribution in [0.3, 0.4) is 0 Å². The summed E-state index contributed by atoms with van der Waals surface area (Å²) in [5.41, 5.74) is 0.250. The second-order valence-electron chi connectivity index (χ2n) is 4.33. The number of ether oxygens (including phenoxy) is 1. The van der Waals surface area contributed by atoms with Crippen LogP contribution >= 0.6 is 0 Å². The van der Waals surface area contributed by atoms with E-state index in [9.17, 15) is 9.59 Å². The summed E-state index contributed by atoms with van der Waals surface area (Å²) in [4.78, 5) is 24.8. The average molecular weight is 254 g/mol. The molecule has 0 unspecified atom stereocenters. The van der Waals surface area contributed by atoms with Crippen molar-refractivity contribution in [2.45, 2.75) is 20.3 Å². The smallest absolute Gasteiger partial charge is 0.307 e. The zero-order valence-corrected chi connectivity index (χ0v) is 10.8. The Morgan fingerprint density at radius 2 is 2.22 bits per heavy atom. The molecule has 1 aromatic heterocycles. The fraction of sp³-hybridized carbons (Fsp3) is 0.636. The highest BCUT2D eigenvalue weighted by Crippen LogP contribution is 2.05. The predicted molar refractivity (Wildman–Crippen MR) is 63.8 cm³/mol. The van der Waals surface area contributed by atoms with E-state index in [0.717, 1.165) is 0 Å². The van der Waals surface area contributed by atoms with E-state index in [2.05, 4.69) is 20.1 Å². The Kier molecular flexibility index (Phi) is 5.29. The van der Waals surface area contributed by atoms with Gasteiger partial charge in [-0.2, -0.15) is 15.4 Å². The van der Waals surface area contributed by atoms with Gasteiger partial charge in [-0.05, 0) is 5.92 Å². The first kappa shape index (κ1) is 14.1. The number of carbonyl (C=O) groups is 2. The highest BCUT2D eigenvalue weighted by molar-refractivity contribution is 5.92. The summed E-state index contributed by atoms with van der Waals surface area (Å²) in [7, 11) is 1.33. The number of esters is 1. The summed E-state index contributed by atoms with van der Waals surface area (Å²) >= 11 is 0. The summed E-state index contributed by atoms with van der Waals surface area (Å²) in [5, 5.41) is 9.74. The molecular weight excluding hydrogens is 236 g/mol. The van der Waals surface area contributed by atoms with Gasteiger partial charge in [0, 0.05) is 13.1 Å². The van der Waals surface area contributed by atoms with Gasteiger partial charge in [0.1, 0.15) is 0 Å². The van der Waals surface area contributed by atoms with Crippen LogP contribution in [0, 0.1) is 5.92 Å². The third-order valence-corrected chi connectivity index (χ3v) is 2.32. The number of carbonyl (C=O) groups excluding carboxylic acids is 2. The van der Waals surface area contributed by atoms with Crippen LogP contribution in [0.5, 0.6) is 0 Å². The van der Waals surface area contributed by atoms with Crippen LogP contribution in [0.2, 0.25) is 0 Å². The largest absolute Gasteiger partial charge is 0.469 e. The molecule has 1 N–H and O–H groups in total. The second kappa shape index (κ2) is 6.73. The van der Waals surface area contributed by atoms with Gasteiger partial charge in [0.05, 0.1) is 19.7 Å². The molecule has 0 aliphatic rings. The maximum absolute atomic E-state index is 12.1. The van der Waals surface area contributed by atoms with Gasteiger partial charge in [-0.1, -0.05) is 13.8 Å². The van der Waals surface area contributed by atoms with E-state index in [0.29, 0.717) is 19.0 Å². The molecule has 7 heteroatoms. The van der Waals surface area contributed by atoms with Crippen molar-refractivity contribution in [3.05, 3.63) is 11.9 Å². The van der Waals surface area contributed by atoms with Gasteiger partial charge in [0.25, 0.3) is 5.91 Å². The van der Waals surface area contributed by atoms with Gasteiger partial charge in [-0.15, -0.1) is 0 Å². The summed E-state index contributed by atoms with van der Waals surface area (Å²) in [6, 6.07) is 0. The van der Waals surface area contributed by atoms with Crippen LogP contribution in [-0.4, -0.2) is 52.4 Å². The Balaban J connectivity index is 2.65. The molecule has 0 bridgehead atoms. The molecule has 0 radical (unpaired) electrons. The molecule has 0 aliphatic heterocycles. The molecule has 0 aliphatic carbocycles. The first-order valence-electron chi connectivity index (χ1n) is 5.76. The number of nitrogens with zero attached hydrogens (tertiary/aromatic N) is 3. The van der Waals surface area contributed by atoms with Gasteiger partial charge in [-0.25, -0.2) is 0 Å². The fourth-order valence-electron chi connectivity index (χ4n) is 1.51. The van der Waals surface area contributed by atoms with E-state index in [1.165, 1.54) is 13.3 Å². The average Bonchev–Trinajstić information content (AvgIpc) is 2.86. The Morgan fingerprint density at radius 3 is 2.72 bits per heavy atom. The molecule has 0 fully saturated rings. The van der Waals surface area contributed by atoms with Crippen LogP contribution in [0.1, 0.15) is 30.8 Å². The van der Waals surface area contributed by atoms with E-state index >= 15 is 0 Å². The number of H-pyrrole nitrogens is 1. The number of aromatic amines is 1. The SMILES string of the molecule is COC(=O)CCN(CC(C)C)C(=O)c1cn[nH]n1. The minimum absolute atomic E-state index is 0.173. The maximum atomic E-state index is 12.1. The lowest BCUT2D eigenvalue weighted by molar-refractivity contribution is -0.140. The summed E-state index contributed by atoms with van der Waals surface area (Å²) in [5.74, 6) is -0.267. The lowest BCUT2D eigenvalue weighted by Gasteiger charge is -2.23. The Morgan fingerprint density at radius 1 is 1.50 bits per heavy atom. The zero-order valence-electron chi connectivity index (χ0n) is 10.8. The van der Waals surface area contributed by atoms with E-state index in [1.807, 2.05) is 13.8 Å².